The fourth-order valence-corrected chi connectivity index (χ4v) is 6.93. The Morgan fingerprint density at radius 1 is 1.14 bits per heavy atom. The molecule has 3 aliphatic carbocycles. The van der Waals surface area contributed by atoms with Crippen LogP contribution in [0.25, 0.3) is 11.3 Å². The molecule has 1 amide bonds. The van der Waals surface area contributed by atoms with Crippen molar-refractivity contribution in [3.05, 3.63) is 93.9 Å². The minimum atomic E-state index is -2.68. The van der Waals surface area contributed by atoms with Gasteiger partial charge in [0.15, 0.2) is 11.4 Å². The molecule has 0 spiro atoms. The van der Waals surface area contributed by atoms with Gasteiger partial charge in [-0.1, -0.05) is 6.07 Å². The molecule has 2 heterocycles. The number of aliphatic hydroxyl groups is 3. The monoisotopic (exact) mass is 600 g/mol. The number of furan rings is 1. The maximum Gasteiger partial charge on any atom is 0.255 e. The zero-order valence-corrected chi connectivity index (χ0v) is 24.1. The van der Waals surface area contributed by atoms with E-state index in [-0.39, 0.29) is 29.7 Å². The van der Waals surface area contributed by atoms with E-state index in [0.29, 0.717) is 35.7 Å². The number of carbonyl (C=O) groups is 3. The van der Waals surface area contributed by atoms with Crippen molar-refractivity contribution < 1.29 is 39.2 Å². The number of Topliss-reactive ketones (excluding diaryl/α,β-unsaturated/α-hetero) is 2. The first-order valence-corrected chi connectivity index (χ1v) is 14.1. The van der Waals surface area contributed by atoms with Crippen LogP contribution in [0.4, 0.5) is 0 Å². The fourth-order valence-electron chi connectivity index (χ4n) is 6.93. The number of hydrogen-bond donors (Lipinski definition) is 6. The Morgan fingerprint density at radius 2 is 1.91 bits per heavy atom. The van der Waals surface area contributed by atoms with Gasteiger partial charge in [0, 0.05) is 36.0 Å². The first-order chi connectivity index (χ1) is 20.9. The van der Waals surface area contributed by atoms with Crippen LogP contribution in [0.2, 0.25) is 0 Å². The smallest absolute Gasteiger partial charge is 0.255 e. The normalized spacial score (nSPS) is 24.8. The number of nitrogens with zero attached hydrogens (tertiary/aromatic N) is 2. The Bertz CT molecular complexity index is 1760. The van der Waals surface area contributed by atoms with Crippen LogP contribution >= 0.6 is 0 Å². The lowest BCUT2D eigenvalue weighted by Gasteiger charge is -2.50. The highest BCUT2D eigenvalue weighted by Gasteiger charge is 2.63. The molecule has 12 nitrogen and oxygen atoms in total. The SMILES string of the molecule is CN(C)[C@@H]1C(O)=C(C(N)=O)C(=O)[C@@]2(O)C(O)=C3C(=O)c4c(O)ccc(-c5ccc(CNCc6cccnc6)o5)c4C[C@H]3C[C@@H]12. The molecule has 12 heteroatoms. The van der Waals surface area contributed by atoms with E-state index < -0.39 is 58.0 Å². The van der Waals surface area contributed by atoms with Gasteiger partial charge in [-0.2, -0.15) is 0 Å². The summed E-state index contributed by atoms with van der Waals surface area (Å²) in [7, 11) is 3.17. The number of fused-ring (bicyclic) bond motifs is 3. The largest absolute Gasteiger partial charge is 0.510 e. The molecule has 0 fully saturated rings. The van der Waals surface area contributed by atoms with E-state index in [9.17, 15) is 34.8 Å². The summed E-state index contributed by atoms with van der Waals surface area (Å²) in [5, 5.41) is 48.3. The van der Waals surface area contributed by atoms with Gasteiger partial charge >= 0.3 is 0 Å². The minimum Gasteiger partial charge on any atom is -0.510 e. The zero-order valence-electron chi connectivity index (χ0n) is 24.1. The van der Waals surface area contributed by atoms with Crippen LogP contribution in [0.3, 0.4) is 0 Å². The van der Waals surface area contributed by atoms with E-state index in [1.54, 1.807) is 38.6 Å². The van der Waals surface area contributed by atoms with Crippen LogP contribution < -0.4 is 11.1 Å². The Kier molecular flexibility index (Phi) is 7.15. The van der Waals surface area contributed by atoms with E-state index in [2.05, 4.69) is 10.3 Å². The average Bonchev–Trinajstić information content (AvgIpc) is 3.44. The van der Waals surface area contributed by atoms with Gasteiger partial charge in [0.1, 0.15) is 34.4 Å². The molecule has 3 aliphatic rings. The average molecular weight is 601 g/mol. The quantitative estimate of drug-likeness (QED) is 0.217. The second-order valence-corrected chi connectivity index (χ2v) is 11.7. The van der Waals surface area contributed by atoms with E-state index in [1.807, 2.05) is 18.2 Å². The molecule has 6 rings (SSSR count). The van der Waals surface area contributed by atoms with Crippen molar-refractivity contribution in [3.8, 4) is 17.1 Å². The summed E-state index contributed by atoms with van der Waals surface area (Å²) < 4.78 is 6.11. The third kappa shape index (κ3) is 4.41. The maximum atomic E-state index is 14.0. The molecular formula is C32H32N4O8. The number of benzene rings is 1. The number of nitrogens with two attached hydrogens (primary N) is 1. The summed E-state index contributed by atoms with van der Waals surface area (Å²) in [4.78, 5) is 45.2. The highest BCUT2D eigenvalue weighted by Crippen LogP contribution is 2.53. The van der Waals surface area contributed by atoms with Gasteiger partial charge in [-0.3, -0.25) is 24.3 Å². The zero-order chi connectivity index (χ0) is 31.5. The molecule has 3 aromatic rings. The van der Waals surface area contributed by atoms with Gasteiger partial charge in [0.2, 0.25) is 5.78 Å². The van der Waals surface area contributed by atoms with Crippen LogP contribution in [0.15, 0.2) is 75.9 Å². The molecule has 44 heavy (non-hydrogen) atoms. The number of hydrogen-bond acceptors (Lipinski definition) is 11. The number of phenols is 1. The first kappa shape index (κ1) is 29.3. The summed E-state index contributed by atoms with van der Waals surface area (Å²) in [6.45, 7) is 1.02. The number of phenolic OH excluding ortho intramolecular Hbond substituents is 1. The van der Waals surface area contributed by atoms with Crippen LogP contribution in [0, 0.1) is 11.8 Å². The molecule has 228 valence electrons. The Balaban J connectivity index is 1.37. The number of aliphatic hydroxyl groups excluding tert-OH is 2. The van der Waals surface area contributed by atoms with Crippen molar-refractivity contribution in [1.29, 1.82) is 0 Å². The molecule has 2 aromatic heterocycles. The molecule has 0 bridgehead atoms. The lowest BCUT2D eigenvalue weighted by molar-refractivity contribution is -0.148. The molecular weight excluding hydrogens is 568 g/mol. The predicted molar refractivity (Wildman–Crippen MR) is 156 cm³/mol. The van der Waals surface area contributed by atoms with Crippen molar-refractivity contribution in [1.82, 2.24) is 15.2 Å². The maximum absolute atomic E-state index is 14.0. The van der Waals surface area contributed by atoms with Crippen LogP contribution in [0.1, 0.15) is 33.7 Å². The second-order valence-electron chi connectivity index (χ2n) is 11.7. The standard InChI is InChI=1S/C32H32N4O8/c1-36(2)26-20-11-16-10-19-18(22-8-5-17(44-22)14-35-13-15-4-3-9-34-12-15)6-7-21(37)24(19)27(38)23(16)29(40)32(20,43)30(41)25(28(26)39)31(33)42/h3-9,12,16,20,26,35,37,39-40,43H,10-11,13-14H2,1-2H3,(H2,33,42)/t16-,20-,26-,32-/m0/s1. The van der Waals surface area contributed by atoms with Crippen molar-refractivity contribution in [2.24, 2.45) is 17.6 Å². The molecule has 0 saturated carbocycles. The summed E-state index contributed by atoms with van der Waals surface area (Å²) in [6, 6.07) is 9.35. The second kappa shape index (κ2) is 10.7. The molecule has 7 N–H and O–H groups in total. The Hall–Kier alpha value is -4.78. The van der Waals surface area contributed by atoms with Crippen molar-refractivity contribution in [2.75, 3.05) is 14.1 Å². The number of aromatic nitrogens is 1. The number of rotatable bonds is 7. The summed E-state index contributed by atoms with van der Waals surface area (Å²) in [6.07, 6.45) is 3.64. The number of allylic oxidation sites excluding steroid dienone is 1. The molecule has 0 radical (unpaired) electrons. The van der Waals surface area contributed by atoms with Gasteiger partial charge in [0.25, 0.3) is 5.91 Å². The Morgan fingerprint density at radius 3 is 2.59 bits per heavy atom. The number of pyridine rings is 1. The molecule has 0 saturated heterocycles. The fraction of sp³-hybridized carbons (Fsp3) is 0.312. The summed E-state index contributed by atoms with van der Waals surface area (Å²) >= 11 is 0. The van der Waals surface area contributed by atoms with Gasteiger partial charge < -0.3 is 35.9 Å². The molecule has 0 unspecified atom stereocenters. The number of amides is 1. The van der Waals surface area contributed by atoms with E-state index in [1.165, 1.54) is 11.0 Å². The third-order valence-corrected chi connectivity index (χ3v) is 8.88. The van der Waals surface area contributed by atoms with Crippen LogP contribution in [-0.4, -0.2) is 73.5 Å². The topological polar surface area (TPSA) is 199 Å². The number of carbonyl (C=O) groups excluding carboxylic acids is 3. The molecule has 1 aromatic carbocycles. The number of ketones is 2. The van der Waals surface area contributed by atoms with Gasteiger partial charge in [0.05, 0.1) is 18.2 Å². The summed E-state index contributed by atoms with van der Waals surface area (Å²) in [5.74, 6) is -5.79. The number of aromatic hydroxyl groups is 1. The van der Waals surface area contributed by atoms with Gasteiger partial charge in [-0.25, -0.2) is 0 Å². The third-order valence-electron chi connectivity index (χ3n) is 8.88. The van der Waals surface area contributed by atoms with Gasteiger partial charge in [-0.05, 0) is 74.3 Å². The predicted octanol–water partition coefficient (Wildman–Crippen LogP) is 2.07. The van der Waals surface area contributed by atoms with E-state index in [0.717, 1.165) is 5.56 Å². The van der Waals surface area contributed by atoms with Gasteiger partial charge in [-0.15, -0.1) is 0 Å². The highest BCUT2D eigenvalue weighted by atomic mass is 16.4. The van der Waals surface area contributed by atoms with Crippen molar-refractivity contribution >= 4 is 17.5 Å². The summed E-state index contributed by atoms with van der Waals surface area (Å²) in [5.41, 5.74) is 3.66. The lowest BCUT2D eigenvalue weighted by atomic mass is 9.58. The first-order valence-electron chi connectivity index (χ1n) is 14.1. The lowest BCUT2D eigenvalue weighted by Crippen LogP contribution is -2.63. The van der Waals surface area contributed by atoms with Crippen molar-refractivity contribution in [3.63, 3.8) is 0 Å². The number of likely N-dealkylation sites (N-methyl/N-ethyl adjacent to an activating group) is 1. The molecule has 4 atom stereocenters. The Labute approximate surface area is 252 Å². The van der Waals surface area contributed by atoms with E-state index >= 15 is 0 Å². The van der Waals surface area contributed by atoms with Crippen LogP contribution in [-0.2, 0) is 29.1 Å². The highest BCUT2D eigenvalue weighted by molar-refractivity contribution is 6.24. The minimum absolute atomic E-state index is 0.00251. The number of primary amides is 1. The number of nitrogens with one attached hydrogen (secondary N) is 1. The van der Waals surface area contributed by atoms with Crippen LogP contribution in [0.5, 0.6) is 5.75 Å². The molecule has 0 aliphatic heterocycles. The van der Waals surface area contributed by atoms with Crippen molar-refractivity contribution in [2.45, 2.75) is 37.6 Å². The van der Waals surface area contributed by atoms with E-state index in [4.69, 9.17) is 10.2 Å².